The second-order valence-electron chi connectivity index (χ2n) is 7.72. The molecule has 0 radical (unpaired) electrons. The van der Waals surface area contributed by atoms with E-state index in [9.17, 15) is 4.79 Å². The number of nitrogens with zero attached hydrogens (tertiary/aromatic N) is 6. The molecule has 7 heteroatoms. The Morgan fingerprint density at radius 1 is 1.10 bits per heavy atom. The first-order valence-electron chi connectivity index (χ1n) is 10.4. The molecule has 1 aromatic carbocycles. The number of amides is 1. The Balaban J connectivity index is 1.78. The Hall–Kier alpha value is -2.96. The van der Waals surface area contributed by atoms with Gasteiger partial charge in [0.15, 0.2) is 5.65 Å². The molecule has 3 aromatic rings. The zero-order valence-electron chi connectivity index (χ0n) is 17.4. The van der Waals surface area contributed by atoms with Gasteiger partial charge in [-0.05, 0) is 18.6 Å². The quantitative estimate of drug-likeness (QED) is 0.666. The largest absolute Gasteiger partial charge is 0.352 e. The molecule has 1 atom stereocenters. The molecule has 0 spiro atoms. The molecule has 1 fully saturated rings. The minimum atomic E-state index is 0.131. The summed E-state index contributed by atoms with van der Waals surface area (Å²) in [6.45, 7) is 8.97. The Kier molecular flexibility index (Phi) is 5.47. The molecule has 4 rings (SSSR count). The van der Waals surface area contributed by atoms with E-state index in [0.717, 1.165) is 54.3 Å². The lowest BCUT2D eigenvalue weighted by atomic mass is 10.1. The number of para-hydroxylation sites is 1. The molecular weight excluding hydrogens is 364 g/mol. The van der Waals surface area contributed by atoms with Gasteiger partial charge < -0.3 is 9.80 Å². The van der Waals surface area contributed by atoms with Crippen LogP contribution in [0.3, 0.4) is 0 Å². The van der Waals surface area contributed by atoms with E-state index in [0.29, 0.717) is 13.1 Å². The molecule has 1 aliphatic rings. The fraction of sp³-hybridized carbons (Fsp3) is 0.455. The molecule has 0 unspecified atom stereocenters. The zero-order valence-corrected chi connectivity index (χ0v) is 17.4. The molecule has 1 amide bonds. The van der Waals surface area contributed by atoms with Crippen molar-refractivity contribution in [2.45, 2.75) is 39.5 Å². The van der Waals surface area contributed by atoms with Crippen molar-refractivity contribution in [3.63, 3.8) is 0 Å². The highest BCUT2D eigenvalue weighted by Crippen LogP contribution is 2.29. The van der Waals surface area contributed by atoms with Crippen molar-refractivity contribution in [3.05, 3.63) is 42.4 Å². The number of benzene rings is 1. The second kappa shape index (κ2) is 8.19. The topological polar surface area (TPSA) is 67.2 Å². The van der Waals surface area contributed by atoms with Crippen molar-refractivity contribution in [1.82, 2.24) is 24.6 Å². The maximum Gasteiger partial charge on any atom is 0.219 e. The van der Waals surface area contributed by atoms with E-state index >= 15 is 0 Å². The molecule has 0 aliphatic carbocycles. The molecule has 7 nitrogen and oxygen atoms in total. The van der Waals surface area contributed by atoms with Crippen LogP contribution in [0.15, 0.2) is 36.5 Å². The first-order valence-corrected chi connectivity index (χ1v) is 10.4. The van der Waals surface area contributed by atoms with Gasteiger partial charge in [-0.2, -0.15) is 5.10 Å². The van der Waals surface area contributed by atoms with Crippen LogP contribution in [0.5, 0.6) is 0 Å². The summed E-state index contributed by atoms with van der Waals surface area (Å²) >= 11 is 0. The van der Waals surface area contributed by atoms with Gasteiger partial charge in [-0.1, -0.05) is 38.5 Å². The SMILES string of the molecule is CCC[C@@H](C)c1nc(N2CCN(C(C)=O)CC2)c2cnn(-c3ccccc3)c2n1. The third-order valence-electron chi connectivity index (χ3n) is 5.61. The van der Waals surface area contributed by atoms with Gasteiger partial charge in [0.2, 0.25) is 5.91 Å². The highest BCUT2D eigenvalue weighted by atomic mass is 16.2. The molecule has 3 heterocycles. The zero-order chi connectivity index (χ0) is 20.4. The number of fused-ring (bicyclic) bond motifs is 1. The molecule has 1 aliphatic heterocycles. The van der Waals surface area contributed by atoms with Crippen LogP contribution in [0.4, 0.5) is 5.82 Å². The molecular formula is C22H28N6O. The standard InChI is InChI=1S/C22H28N6O/c1-4-8-16(2)20-24-21(27-13-11-26(12-14-27)17(3)29)19-15-23-28(22(19)25-20)18-9-6-5-7-10-18/h5-7,9-10,15-16H,4,8,11-14H2,1-3H3/t16-/m1/s1. The van der Waals surface area contributed by atoms with E-state index in [1.54, 1.807) is 6.92 Å². The van der Waals surface area contributed by atoms with E-state index in [2.05, 4.69) is 23.8 Å². The summed E-state index contributed by atoms with van der Waals surface area (Å²) < 4.78 is 1.90. The number of rotatable bonds is 5. The van der Waals surface area contributed by atoms with Gasteiger partial charge in [-0.25, -0.2) is 14.6 Å². The number of hydrogen-bond donors (Lipinski definition) is 0. The molecule has 0 N–H and O–H groups in total. The van der Waals surface area contributed by atoms with Crippen LogP contribution < -0.4 is 4.90 Å². The Bertz CT molecular complexity index is 991. The summed E-state index contributed by atoms with van der Waals surface area (Å²) in [4.78, 5) is 25.8. The molecule has 0 saturated carbocycles. The number of aromatic nitrogens is 4. The number of carbonyl (C=O) groups excluding carboxylic acids is 1. The summed E-state index contributed by atoms with van der Waals surface area (Å²) in [6, 6.07) is 10.1. The minimum Gasteiger partial charge on any atom is -0.352 e. The Morgan fingerprint density at radius 2 is 1.83 bits per heavy atom. The van der Waals surface area contributed by atoms with Crippen LogP contribution in [0.2, 0.25) is 0 Å². The van der Waals surface area contributed by atoms with E-state index < -0.39 is 0 Å². The average molecular weight is 393 g/mol. The van der Waals surface area contributed by atoms with E-state index in [-0.39, 0.29) is 11.8 Å². The van der Waals surface area contributed by atoms with Gasteiger partial charge in [0.1, 0.15) is 11.6 Å². The highest BCUT2D eigenvalue weighted by molar-refractivity contribution is 5.88. The summed E-state index contributed by atoms with van der Waals surface area (Å²) in [5.74, 6) is 2.20. The number of carbonyl (C=O) groups is 1. The predicted molar refractivity (Wildman–Crippen MR) is 114 cm³/mol. The minimum absolute atomic E-state index is 0.131. The van der Waals surface area contributed by atoms with E-state index in [1.165, 1.54) is 0 Å². The van der Waals surface area contributed by atoms with Crippen LogP contribution in [0.1, 0.15) is 45.4 Å². The van der Waals surface area contributed by atoms with Crippen molar-refractivity contribution in [2.24, 2.45) is 0 Å². The van der Waals surface area contributed by atoms with Crippen molar-refractivity contribution in [2.75, 3.05) is 31.1 Å². The Morgan fingerprint density at radius 3 is 2.48 bits per heavy atom. The Labute approximate surface area is 171 Å². The van der Waals surface area contributed by atoms with Crippen molar-refractivity contribution in [1.29, 1.82) is 0 Å². The van der Waals surface area contributed by atoms with Crippen molar-refractivity contribution >= 4 is 22.8 Å². The summed E-state index contributed by atoms with van der Waals surface area (Å²) in [6.07, 6.45) is 4.00. The summed E-state index contributed by atoms with van der Waals surface area (Å²) in [7, 11) is 0. The van der Waals surface area contributed by atoms with Crippen molar-refractivity contribution in [3.8, 4) is 5.69 Å². The molecule has 1 saturated heterocycles. The van der Waals surface area contributed by atoms with E-state index in [4.69, 9.17) is 9.97 Å². The van der Waals surface area contributed by atoms with Crippen LogP contribution in [-0.2, 0) is 4.79 Å². The lowest BCUT2D eigenvalue weighted by molar-refractivity contribution is -0.129. The molecule has 0 bridgehead atoms. The van der Waals surface area contributed by atoms with Crippen LogP contribution in [0.25, 0.3) is 16.7 Å². The lowest BCUT2D eigenvalue weighted by Crippen LogP contribution is -2.48. The summed E-state index contributed by atoms with van der Waals surface area (Å²) in [5.41, 5.74) is 1.83. The maximum absolute atomic E-state index is 11.7. The van der Waals surface area contributed by atoms with Gasteiger partial charge in [-0.15, -0.1) is 0 Å². The van der Waals surface area contributed by atoms with Gasteiger partial charge >= 0.3 is 0 Å². The molecule has 2 aromatic heterocycles. The lowest BCUT2D eigenvalue weighted by Gasteiger charge is -2.35. The maximum atomic E-state index is 11.7. The van der Waals surface area contributed by atoms with E-state index in [1.807, 2.05) is 46.1 Å². The van der Waals surface area contributed by atoms with Gasteiger partial charge in [-0.3, -0.25) is 4.79 Å². The average Bonchev–Trinajstić information content (AvgIpc) is 3.18. The number of anilines is 1. The smallest absolute Gasteiger partial charge is 0.219 e. The molecule has 152 valence electrons. The first kappa shape index (κ1) is 19.4. The number of hydrogen-bond acceptors (Lipinski definition) is 5. The predicted octanol–water partition coefficient (Wildman–Crippen LogP) is 3.39. The normalized spacial score (nSPS) is 15.7. The van der Waals surface area contributed by atoms with Crippen LogP contribution in [-0.4, -0.2) is 56.7 Å². The van der Waals surface area contributed by atoms with Gasteiger partial charge in [0.25, 0.3) is 0 Å². The number of piperazine rings is 1. The van der Waals surface area contributed by atoms with Gasteiger partial charge in [0, 0.05) is 39.0 Å². The molecule has 29 heavy (non-hydrogen) atoms. The monoisotopic (exact) mass is 392 g/mol. The third kappa shape index (κ3) is 3.81. The van der Waals surface area contributed by atoms with Crippen molar-refractivity contribution < 1.29 is 4.79 Å². The fourth-order valence-electron chi connectivity index (χ4n) is 3.92. The third-order valence-corrected chi connectivity index (χ3v) is 5.61. The van der Waals surface area contributed by atoms with Crippen LogP contribution in [0, 0.1) is 0 Å². The highest BCUT2D eigenvalue weighted by Gasteiger charge is 2.24. The van der Waals surface area contributed by atoms with Gasteiger partial charge in [0.05, 0.1) is 17.3 Å². The first-order chi connectivity index (χ1) is 14.1. The van der Waals surface area contributed by atoms with Crippen LogP contribution >= 0.6 is 0 Å². The second-order valence-corrected chi connectivity index (χ2v) is 7.72. The summed E-state index contributed by atoms with van der Waals surface area (Å²) in [5, 5.41) is 5.59. The fourth-order valence-corrected chi connectivity index (χ4v) is 3.92.